The molecule has 1 amide bonds. The molecule has 0 bridgehead atoms. The molecule has 0 unspecified atom stereocenters. The number of phenolic OH excluding ortho intramolecular Hbond substituents is 1. The number of rotatable bonds is 9. The number of aliphatic hydroxyl groups excluding tert-OH is 5. The zero-order valence-corrected chi connectivity index (χ0v) is 26.2. The molecule has 0 radical (unpaired) electrons. The average molecular weight is 685 g/mol. The molecule has 2 aliphatic heterocycles. The molecule has 15 heteroatoms. The van der Waals surface area contributed by atoms with Gasteiger partial charge in [0, 0.05) is 5.57 Å². The van der Waals surface area contributed by atoms with Crippen LogP contribution < -0.4 is 14.8 Å². The number of hydrogen-bond donors (Lipinski definition) is 7. The molecule has 0 aromatic heterocycles. The molecular weight excluding hydrogens is 649 g/mol. The Bertz CT molecular complexity index is 1490. The SMILES string of the molecule is C/C(=C\c1ccc(O[C@@H]2O[C@H](/C(C)=C/COc3cccc(Cl)c3Cl)[C@@H](O)[C@@H]2O)c(O)c1)C(=O)N[C@@H]1[C@H](O)[C@@H](O)[C@H]2OCO[C@H]2[C@@H]1O. The predicted molar refractivity (Wildman–Crippen MR) is 163 cm³/mol. The van der Waals surface area contributed by atoms with Crippen LogP contribution in [-0.2, 0) is 19.0 Å². The van der Waals surface area contributed by atoms with E-state index >= 15 is 0 Å². The largest absolute Gasteiger partial charge is 0.504 e. The van der Waals surface area contributed by atoms with Crippen LogP contribution >= 0.6 is 23.2 Å². The first-order valence-electron chi connectivity index (χ1n) is 14.4. The highest BCUT2D eigenvalue weighted by Gasteiger charge is 2.53. The van der Waals surface area contributed by atoms with Crippen molar-refractivity contribution in [3.8, 4) is 17.2 Å². The Morgan fingerprint density at radius 1 is 0.957 bits per heavy atom. The fourth-order valence-electron chi connectivity index (χ4n) is 5.48. The van der Waals surface area contributed by atoms with Crippen LogP contribution in [0.4, 0.5) is 0 Å². The molecule has 250 valence electrons. The topological polar surface area (TPSA) is 197 Å². The number of amides is 1. The standard InChI is InChI=1S/C31H35Cl2NO12/c1-13(8-9-42-19-5-3-4-16(32)20(19)33)27-25(39)26(40)31(46-27)45-18-7-6-15(11-17(18)35)10-14(2)30(41)34-21-22(36)24(38)29-28(23(21)37)43-12-44-29/h3-8,10-11,21-29,31,35-40H,9,12H2,1-2H3,(H,34,41)/b13-8+,14-10+/t21-,22+,23-,24-,25+,26+,27-,28+,29-,31-/m1/s1. The number of hydrogen-bond acceptors (Lipinski definition) is 12. The van der Waals surface area contributed by atoms with Crippen LogP contribution in [0.1, 0.15) is 19.4 Å². The van der Waals surface area contributed by atoms with Crippen LogP contribution in [-0.4, -0.2) is 111 Å². The van der Waals surface area contributed by atoms with Crippen LogP contribution in [0.5, 0.6) is 17.2 Å². The number of fused-ring (bicyclic) bond motifs is 1. The Balaban J connectivity index is 1.18. The lowest BCUT2D eigenvalue weighted by Gasteiger charge is -2.41. The van der Waals surface area contributed by atoms with Gasteiger partial charge in [0.1, 0.15) is 73.0 Å². The third kappa shape index (κ3) is 7.14. The van der Waals surface area contributed by atoms with Gasteiger partial charge in [-0.05, 0) is 61.4 Å². The molecular formula is C31H35Cl2NO12. The van der Waals surface area contributed by atoms with Gasteiger partial charge in [-0.25, -0.2) is 0 Å². The summed E-state index contributed by atoms with van der Waals surface area (Å²) in [6.07, 6.45) is -7.93. The highest BCUT2D eigenvalue weighted by atomic mass is 35.5. The summed E-state index contributed by atoms with van der Waals surface area (Å²) in [5.74, 6) is -0.640. The smallest absolute Gasteiger partial charge is 0.247 e. The lowest BCUT2D eigenvalue weighted by atomic mass is 9.83. The molecule has 2 heterocycles. The van der Waals surface area contributed by atoms with E-state index in [0.717, 1.165) is 0 Å². The second-order valence-corrected chi connectivity index (χ2v) is 12.0. The van der Waals surface area contributed by atoms with Crippen LogP contribution in [0.2, 0.25) is 10.0 Å². The van der Waals surface area contributed by atoms with Crippen molar-refractivity contribution in [2.75, 3.05) is 13.4 Å². The van der Waals surface area contributed by atoms with E-state index in [1.54, 1.807) is 31.2 Å². The zero-order valence-electron chi connectivity index (χ0n) is 24.7. The summed E-state index contributed by atoms with van der Waals surface area (Å²) in [6, 6.07) is 8.01. The van der Waals surface area contributed by atoms with Gasteiger partial charge in [-0.1, -0.05) is 35.3 Å². The number of phenols is 1. The maximum Gasteiger partial charge on any atom is 0.247 e. The molecule has 3 fully saturated rings. The molecule has 1 aliphatic carbocycles. The third-order valence-corrected chi connectivity index (χ3v) is 8.90. The third-order valence-electron chi connectivity index (χ3n) is 8.10. The highest BCUT2D eigenvalue weighted by molar-refractivity contribution is 6.42. The number of halogens is 2. The molecule has 5 rings (SSSR count). The summed E-state index contributed by atoms with van der Waals surface area (Å²) < 4.78 is 27.6. The fourth-order valence-corrected chi connectivity index (χ4v) is 5.83. The van der Waals surface area contributed by atoms with E-state index in [0.29, 0.717) is 21.9 Å². The van der Waals surface area contributed by atoms with E-state index in [2.05, 4.69) is 5.32 Å². The minimum atomic E-state index is -1.50. The minimum Gasteiger partial charge on any atom is -0.504 e. The number of nitrogens with one attached hydrogen (secondary N) is 1. The summed E-state index contributed by atoms with van der Waals surface area (Å²) in [4.78, 5) is 12.9. The Kier molecular flexibility index (Phi) is 10.8. The van der Waals surface area contributed by atoms with Crippen molar-refractivity contribution < 1.29 is 59.1 Å². The molecule has 46 heavy (non-hydrogen) atoms. The van der Waals surface area contributed by atoms with E-state index in [1.165, 1.54) is 31.2 Å². The van der Waals surface area contributed by atoms with Crippen molar-refractivity contribution in [3.05, 3.63) is 69.2 Å². The number of carbonyl (C=O) groups excluding carboxylic acids is 1. The summed E-state index contributed by atoms with van der Waals surface area (Å²) >= 11 is 12.1. The van der Waals surface area contributed by atoms with Gasteiger partial charge in [0.25, 0.3) is 0 Å². The monoisotopic (exact) mass is 683 g/mol. The Labute approximate surface area is 274 Å². The van der Waals surface area contributed by atoms with Crippen molar-refractivity contribution >= 4 is 35.2 Å². The second-order valence-electron chi connectivity index (χ2n) is 11.2. The molecule has 1 saturated carbocycles. The van der Waals surface area contributed by atoms with E-state index in [4.69, 9.17) is 46.9 Å². The van der Waals surface area contributed by atoms with Crippen LogP contribution in [0.15, 0.2) is 53.6 Å². The second kappa shape index (κ2) is 14.4. The lowest BCUT2D eigenvalue weighted by Crippen LogP contribution is -2.67. The van der Waals surface area contributed by atoms with Gasteiger partial charge in [0.15, 0.2) is 11.5 Å². The quantitative estimate of drug-likeness (QED) is 0.148. The molecule has 2 aromatic rings. The summed E-state index contributed by atoms with van der Waals surface area (Å²) in [6.45, 7) is 3.11. The van der Waals surface area contributed by atoms with Crippen molar-refractivity contribution in [2.45, 2.75) is 75.0 Å². The number of aromatic hydroxyl groups is 1. The van der Waals surface area contributed by atoms with Gasteiger partial charge in [-0.2, -0.15) is 0 Å². The number of carbonyl (C=O) groups is 1. The van der Waals surface area contributed by atoms with Gasteiger partial charge < -0.3 is 59.6 Å². The number of ether oxygens (including phenoxy) is 5. The normalized spacial score (nSPS) is 33.1. The van der Waals surface area contributed by atoms with Crippen LogP contribution in [0.3, 0.4) is 0 Å². The van der Waals surface area contributed by atoms with Gasteiger partial charge in [0.2, 0.25) is 12.2 Å². The van der Waals surface area contributed by atoms with Crippen molar-refractivity contribution in [1.82, 2.24) is 5.32 Å². The van der Waals surface area contributed by atoms with E-state index in [9.17, 15) is 35.4 Å². The summed E-state index contributed by atoms with van der Waals surface area (Å²) in [5.41, 5.74) is 1.12. The molecule has 13 nitrogen and oxygen atoms in total. The van der Waals surface area contributed by atoms with Gasteiger partial charge in [-0.15, -0.1) is 0 Å². The van der Waals surface area contributed by atoms with E-state index in [-0.39, 0.29) is 35.5 Å². The number of aliphatic hydroxyl groups is 5. The molecule has 7 N–H and O–H groups in total. The maximum absolute atomic E-state index is 12.9. The Morgan fingerprint density at radius 2 is 1.67 bits per heavy atom. The van der Waals surface area contributed by atoms with Gasteiger partial charge in [-0.3, -0.25) is 4.79 Å². The molecule has 10 atom stereocenters. The molecule has 2 aromatic carbocycles. The zero-order chi connectivity index (χ0) is 33.3. The molecule has 0 spiro atoms. The summed E-state index contributed by atoms with van der Waals surface area (Å²) in [5, 5.41) is 66.3. The minimum absolute atomic E-state index is 0.0486. The van der Waals surface area contributed by atoms with Gasteiger partial charge >= 0.3 is 0 Å². The predicted octanol–water partition coefficient (Wildman–Crippen LogP) is 1.28. The lowest BCUT2D eigenvalue weighted by molar-refractivity contribution is -0.155. The maximum atomic E-state index is 12.9. The van der Waals surface area contributed by atoms with E-state index in [1.807, 2.05) is 0 Å². The van der Waals surface area contributed by atoms with Gasteiger partial charge in [0.05, 0.1) is 11.1 Å². The number of benzene rings is 2. The fraction of sp³-hybridized carbons (Fsp3) is 0.452. The van der Waals surface area contributed by atoms with Crippen LogP contribution in [0, 0.1) is 0 Å². The molecule has 3 aliphatic rings. The van der Waals surface area contributed by atoms with E-state index < -0.39 is 67.1 Å². The van der Waals surface area contributed by atoms with Crippen LogP contribution in [0.25, 0.3) is 6.08 Å². The first kappa shape index (κ1) is 34.4. The average Bonchev–Trinajstić information content (AvgIpc) is 3.63. The van der Waals surface area contributed by atoms with Crippen molar-refractivity contribution in [3.63, 3.8) is 0 Å². The Hall–Kier alpha value is -2.95. The summed E-state index contributed by atoms with van der Waals surface area (Å²) in [7, 11) is 0. The Morgan fingerprint density at radius 3 is 2.39 bits per heavy atom. The highest BCUT2D eigenvalue weighted by Crippen LogP contribution is 2.35. The first-order valence-corrected chi connectivity index (χ1v) is 15.1. The van der Waals surface area contributed by atoms with Crippen molar-refractivity contribution in [1.29, 1.82) is 0 Å². The van der Waals surface area contributed by atoms with Crippen molar-refractivity contribution in [2.24, 2.45) is 0 Å². The molecule has 2 saturated heterocycles. The first-order chi connectivity index (χ1) is 21.9.